The van der Waals surface area contributed by atoms with Gasteiger partial charge in [-0.2, -0.15) is 0 Å². The van der Waals surface area contributed by atoms with Gasteiger partial charge in [-0.15, -0.1) is 11.6 Å². The molecule has 0 aliphatic heterocycles. The Morgan fingerprint density at radius 2 is 1.80 bits per heavy atom. The van der Waals surface area contributed by atoms with Crippen molar-refractivity contribution in [1.29, 1.82) is 0 Å². The van der Waals surface area contributed by atoms with Crippen molar-refractivity contribution in [2.75, 3.05) is 0 Å². The lowest BCUT2D eigenvalue weighted by Crippen LogP contribution is -2.11. The van der Waals surface area contributed by atoms with E-state index in [1.807, 2.05) is 18.2 Å². The van der Waals surface area contributed by atoms with Gasteiger partial charge in [0.15, 0.2) is 0 Å². The van der Waals surface area contributed by atoms with E-state index in [4.69, 9.17) is 11.6 Å². The first-order chi connectivity index (χ1) is 9.75. The van der Waals surface area contributed by atoms with E-state index in [0.717, 1.165) is 31.2 Å². The molecule has 0 amide bonds. The average molecular weight is 289 g/mol. The van der Waals surface area contributed by atoms with Crippen LogP contribution in [0.5, 0.6) is 0 Å². The molecule has 20 heavy (non-hydrogen) atoms. The lowest BCUT2D eigenvalue weighted by molar-refractivity contribution is 0.455. The second-order valence-corrected chi connectivity index (χ2v) is 6.02. The number of fused-ring (bicyclic) bond motifs is 1. The maximum atomic E-state index is 13.8. The summed E-state index contributed by atoms with van der Waals surface area (Å²) < 4.78 is 13.8. The van der Waals surface area contributed by atoms with Gasteiger partial charge in [-0.3, -0.25) is 0 Å². The van der Waals surface area contributed by atoms with Crippen molar-refractivity contribution in [2.24, 2.45) is 5.92 Å². The molecule has 3 rings (SSSR count). The topological polar surface area (TPSA) is 0 Å². The first kappa shape index (κ1) is 13.6. The normalized spacial score (nSPS) is 22.1. The molecule has 1 aliphatic rings. The van der Waals surface area contributed by atoms with Gasteiger partial charge in [-0.25, -0.2) is 4.39 Å². The summed E-state index contributed by atoms with van der Waals surface area (Å²) in [6.45, 7) is 0. The molecule has 0 saturated heterocycles. The maximum absolute atomic E-state index is 13.8. The van der Waals surface area contributed by atoms with Gasteiger partial charge >= 0.3 is 0 Å². The summed E-state index contributed by atoms with van der Waals surface area (Å²) in [7, 11) is 0. The van der Waals surface area contributed by atoms with Crippen LogP contribution in [0.2, 0.25) is 0 Å². The summed E-state index contributed by atoms with van der Waals surface area (Å²) >= 11 is 6.70. The van der Waals surface area contributed by atoms with E-state index in [1.165, 1.54) is 17.2 Å². The predicted molar refractivity (Wildman–Crippen MR) is 81.6 cm³/mol. The third kappa shape index (κ3) is 2.73. The molecule has 1 aliphatic carbocycles. The fourth-order valence-electron chi connectivity index (χ4n) is 3.14. The minimum absolute atomic E-state index is 0.0201. The van der Waals surface area contributed by atoms with Crippen LogP contribution in [0.4, 0.5) is 4.39 Å². The molecule has 2 aromatic carbocycles. The average Bonchev–Trinajstić information content (AvgIpc) is 2.62. The van der Waals surface area contributed by atoms with Crippen LogP contribution in [-0.4, -0.2) is 0 Å². The molecule has 0 nitrogen and oxygen atoms in total. The summed E-state index contributed by atoms with van der Waals surface area (Å²) in [5.74, 6) is 0.186. The standard InChI is InChI=1S/C18H18ClF/c19-18-15(12-14-7-2-4-11-17(14)20)9-5-8-13-6-1-3-10-16(13)18/h1-4,6-7,10-11,15,18H,5,8-9,12H2. The third-order valence-corrected chi connectivity index (χ3v) is 4.82. The molecule has 104 valence electrons. The van der Waals surface area contributed by atoms with Crippen molar-refractivity contribution in [3.8, 4) is 0 Å². The lowest BCUT2D eigenvalue weighted by atomic mass is 9.90. The van der Waals surface area contributed by atoms with Gasteiger partial charge in [0.1, 0.15) is 5.82 Å². The molecule has 2 atom stereocenters. The molecule has 0 N–H and O–H groups in total. The SMILES string of the molecule is Fc1ccccc1CC1CCCc2ccccc2C1Cl. The highest BCUT2D eigenvalue weighted by molar-refractivity contribution is 6.21. The highest BCUT2D eigenvalue weighted by atomic mass is 35.5. The number of hydrogen-bond donors (Lipinski definition) is 0. The molecule has 0 aromatic heterocycles. The summed E-state index contributed by atoms with van der Waals surface area (Å²) in [4.78, 5) is 0. The van der Waals surface area contributed by atoms with Gasteiger partial charge in [0, 0.05) is 0 Å². The molecule has 0 saturated carbocycles. The predicted octanol–water partition coefficient (Wildman–Crippen LogP) is 5.30. The zero-order chi connectivity index (χ0) is 13.9. The van der Waals surface area contributed by atoms with Gasteiger partial charge in [0.25, 0.3) is 0 Å². The number of halogens is 2. The Hall–Kier alpha value is -1.34. The van der Waals surface area contributed by atoms with Crippen LogP contribution >= 0.6 is 11.6 Å². The van der Waals surface area contributed by atoms with Crippen molar-refractivity contribution < 1.29 is 4.39 Å². The van der Waals surface area contributed by atoms with Crippen LogP contribution in [0.3, 0.4) is 0 Å². The first-order valence-electron chi connectivity index (χ1n) is 7.21. The Morgan fingerprint density at radius 3 is 2.65 bits per heavy atom. The molecule has 2 unspecified atom stereocenters. The van der Waals surface area contributed by atoms with E-state index in [2.05, 4.69) is 18.2 Å². The molecule has 0 spiro atoms. The van der Waals surface area contributed by atoms with Gasteiger partial charge in [0.2, 0.25) is 0 Å². The van der Waals surface area contributed by atoms with E-state index in [9.17, 15) is 4.39 Å². The number of benzene rings is 2. The quantitative estimate of drug-likeness (QED) is 0.519. The fourth-order valence-corrected chi connectivity index (χ4v) is 3.57. The van der Waals surface area contributed by atoms with E-state index in [0.29, 0.717) is 5.92 Å². The minimum Gasteiger partial charge on any atom is -0.207 e. The zero-order valence-electron chi connectivity index (χ0n) is 11.4. The van der Waals surface area contributed by atoms with Crippen molar-refractivity contribution >= 4 is 11.6 Å². The number of alkyl halides is 1. The summed E-state index contributed by atoms with van der Waals surface area (Å²) in [5, 5.41) is -0.0201. The summed E-state index contributed by atoms with van der Waals surface area (Å²) in [5.41, 5.74) is 3.36. The van der Waals surface area contributed by atoms with Crippen LogP contribution in [0.15, 0.2) is 48.5 Å². The number of rotatable bonds is 2. The fraction of sp³-hybridized carbons (Fsp3) is 0.333. The lowest BCUT2D eigenvalue weighted by Gasteiger charge is -2.21. The third-order valence-electron chi connectivity index (χ3n) is 4.23. The summed E-state index contributed by atoms with van der Waals surface area (Å²) in [6.07, 6.45) is 3.97. The highest BCUT2D eigenvalue weighted by Crippen LogP contribution is 2.39. The van der Waals surface area contributed by atoms with Crippen LogP contribution < -0.4 is 0 Å². The van der Waals surface area contributed by atoms with Crippen molar-refractivity contribution in [3.63, 3.8) is 0 Å². The molecule has 0 heterocycles. The molecule has 0 radical (unpaired) electrons. The maximum Gasteiger partial charge on any atom is 0.126 e. The highest BCUT2D eigenvalue weighted by Gasteiger charge is 2.26. The molecule has 0 fully saturated rings. The van der Waals surface area contributed by atoms with E-state index in [1.54, 1.807) is 6.07 Å². The second-order valence-electron chi connectivity index (χ2n) is 5.55. The van der Waals surface area contributed by atoms with E-state index >= 15 is 0 Å². The molecule has 2 heteroatoms. The Kier molecular flexibility index (Phi) is 4.07. The first-order valence-corrected chi connectivity index (χ1v) is 7.64. The Morgan fingerprint density at radius 1 is 1.05 bits per heavy atom. The number of aryl methyl sites for hydroxylation is 1. The Bertz CT molecular complexity index is 593. The van der Waals surface area contributed by atoms with Crippen molar-refractivity contribution in [1.82, 2.24) is 0 Å². The van der Waals surface area contributed by atoms with Crippen molar-refractivity contribution in [2.45, 2.75) is 31.1 Å². The smallest absolute Gasteiger partial charge is 0.126 e. The zero-order valence-corrected chi connectivity index (χ0v) is 12.1. The van der Waals surface area contributed by atoms with Gasteiger partial charge < -0.3 is 0 Å². The summed E-state index contributed by atoms with van der Waals surface area (Å²) in [6, 6.07) is 15.4. The molecular formula is C18H18ClF. The van der Waals surface area contributed by atoms with Crippen LogP contribution in [0, 0.1) is 11.7 Å². The van der Waals surface area contributed by atoms with Crippen molar-refractivity contribution in [3.05, 3.63) is 71.0 Å². The van der Waals surface area contributed by atoms with Gasteiger partial charge in [0.05, 0.1) is 5.38 Å². The van der Waals surface area contributed by atoms with Crippen LogP contribution in [-0.2, 0) is 12.8 Å². The molecule has 0 bridgehead atoms. The van der Waals surface area contributed by atoms with Crippen LogP contribution in [0.25, 0.3) is 0 Å². The van der Waals surface area contributed by atoms with Crippen LogP contribution in [0.1, 0.15) is 34.9 Å². The number of hydrogen-bond acceptors (Lipinski definition) is 0. The monoisotopic (exact) mass is 288 g/mol. The van der Waals surface area contributed by atoms with Gasteiger partial charge in [-0.1, -0.05) is 42.5 Å². The Labute approximate surface area is 124 Å². The second kappa shape index (κ2) is 5.97. The largest absolute Gasteiger partial charge is 0.207 e. The van der Waals surface area contributed by atoms with Gasteiger partial charge in [-0.05, 0) is 54.4 Å². The molecule has 2 aromatic rings. The van der Waals surface area contributed by atoms with E-state index in [-0.39, 0.29) is 11.2 Å². The molecular weight excluding hydrogens is 271 g/mol. The minimum atomic E-state index is -0.117. The van der Waals surface area contributed by atoms with E-state index < -0.39 is 0 Å². The Balaban J connectivity index is 1.86.